The van der Waals surface area contributed by atoms with E-state index < -0.39 is 0 Å². The molecular weight excluding hydrogens is 390 g/mol. The number of carbonyl (C=O) groups excluding carboxylic acids is 3. The second kappa shape index (κ2) is 7.87. The normalized spacial score (nSPS) is 16.4. The standard InChI is InChI=1S/C22H22ClN3O3/c1-15-6-7-16(23)14-19(15)24-10-12-25(13-11-24)20(27)8-9-26-21(28)17-4-2-3-5-18(17)22(26)29/h2-7,14H,8-13H2,1H3. The van der Waals surface area contributed by atoms with Gasteiger partial charge >= 0.3 is 0 Å². The minimum atomic E-state index is -0.320. The lowest BCUT2D eigenvalue weighted by atomic mass is 10.1. The Morgan fingerprint density at radius 3 is 2.21 bits per heavy atom. The molecule has 150 valence electrons. The maximum atomic E-state index is 12.6. The first-order chi connectivity index (χ1) is 14.0. The monoisotopic (exact) mass is 411 g/mol. The maximum absolute atomic E-state index is 12.6. The molecule has 0 N–H and O–H groups in total. The van der Waals surface area contributed by atoms with Crippen LogP contribution >= 0.6 is 11.6 Å². The molecule has 1 fully saturated rings. The molecule has 0 spiro atoms. The lowest BCUT2D eigenvalue weighted by Crippen LogP contribution is -2.49. The summed E-state index contributed by atoms with van der Waals surface area (Å²) in [5, 5.41) is 0.699. The van der Waals surface area contributed by atoms with Gasteiger partial charge in [-0.3, -0.25) is 19.3 Å². The number of halogens is 1. The van der Waals surface area contributed by atoms with Gasteiger partial charge in [-0.2, -0.15) is 0 Å². The van der Waals surface area contributed by atoms with Gasteiger partial charge in [0.25, 0.3) is 11.8 Å². The molecule has 7 heteroatoms. The molecule has 2 aromatic rings. The SMILES string of the molecule is Cc1ccc(Cl)cc1N1CCN(C(=O)CCN2C(=O)c3ccccc3C2=O)CC1. The lowest BCUT2D eigenvalue weighted by molar-refractivity contribution is -0.131. The van der Waals surface area contributed by atoms with Gasteiger partial charge in [0.1, 0.15) is 0 Å². The zero-order valence-corrected chi connectivity index (χ0v) is 17.0. The molecule has 2 aliphatic heterocycles. The number of piperazine rings is 1. The summed E-state index contributed by atoms with van der Waals surface area (Å²) in [5.41, 5.74) is 3.07. The quantitative estimate of drug-likeness (QED) is 0.726. The first kappa shape index (κ1) is 19.5. The molecule has 0 saturated carbocycles. The van der Waals surface area contributed by atoms with E-state index in [1.807, 2.05) is 25.1 Å². The largest absolute Gasteiger partial charge is 0.368 e. The van der Waals surface area contributed by atoms with Gasteiger partial charge in [-0.15, -0.1) is 0 Å². The van der Waals surface area contributed by atoms with E-state index in [-0.39, 0.29) is 30.7 Å². The Hall–Kier alpha value is -2.86. The van der Waals surface area contributed by atoms with Gasteiger partial charge in [0.05, 0.1) is 11.1 Å². The highest BCUT2D eigenvalue weighted by molar-refractivity contribution is 6.30. The molecule has 1 saturated heterocycles. The summed E-state index contributed by atoms with van der Waals surface area (Å²) in [6, 6.07) is 12.6. The summed E-state index contributed by atoms with van der Waals surface area (Å²) in [4.78, 5) is 42.7. The van der Waals surface area contributed by atoms with Crippen LogP contribution in [0.2, 0.25) is 5.02 Å². The minimum absolute atomic E-state index is 0.0379. The molecule has 6 nitrogen and oxygen atoms in total. The second-order valence-corrected chi connectivity index (χ2v) is 7.79. The highest BCUT2D eigenvalue weighted by atomic mass is 35.5. The Bertz CT molecular complexity index is 948. The number of carbonyl (C=O) groups is 3. The zero-order valence-electron chi connectivity index (χ0n) is 16.2. The van der Waals surface area contributed by atoms with Gasteiger partial charge in [0.2, 0.25) is 5.91 Å². The third-order valence-corrected chi connectivity index (χ3v) is 5.81. The van der Waals surface area contributed by atoms with Crippen LogP contribution < -0.4 is 4.90 Å². The highest BCUT2D eigenvalue weighted by Crippen LogP contribution is 2.26. The van der Waals surface area contributed by atoms with Gasteiger partial charge in [-0.1, -0.05) is 29.8 Å². The number of rotatable bonds is 4. The van der Waals surface area contributed by atoms with Crippen molar-refractivity contribution in [2.45, 2.75) is 13.3 Å². The molecule has 0 bridgehead atoms. The predicted molar refractivity (Wildman–Crippen MR) is 111 cm³/mol. The number of anilines is 1. The van der Waals surface area contributed by atoms with Crippen LogP contribution in [0.1, 0.15) is 32.7 Å². The van der Waals surface area contributed by atoms with E-state index >= 15 is 0 Å². The Balaban J connectivity index is 1.32. The van der Waals surface area contributed by atoms with Crippen LogP contribution in [0.3, 0.4) is 0 Å². The summed E-state index contributed by atoms with van der Waals surface area (Å²) in [5.74, 6) is -0.677. The maximum Gasteiger partial charge on any atom is 0.261 e. The van der Waals surface area contributed by atoms with E-state index in [0.29, 0.717) is 29.2 Å². The fourth-order valence-corrected chi connectivity index (χ4v) is 4.09. The molecule has 0 unspecified atom stereocenters. The summed E-state index contributed by atoms with van der Waals surface area (Å²) in [6.07, 6.45) is 0.141. The topological polar surface area (TPSA) is 60.9 Å². The van der Waals surface area contributed by atoms with Crippen molar-refractivity contribution in [3.05, 3.63) is 64.2 Å². The van der Waals surface area contributed by atoms with Crippen LogP contribution in [0.5, 0.6) is 0 Å². The van der Waals surface area contributed by atoms with Crippen molar-refractivity contribution in [3.63, 3.8) is 0 Å². The number of imide groups is 1. The minimum Gasteiger partial charge on any atom is -0.368 e. The number of hydrogen-bond acceptors (Lipinski definition) is 4. The molecule has 0 radical (unpaired) electrons. The van der Waals surface area contributed by atoms with Crippen LogP contribution in [0.25, 0.3) is 0 Å². The van der Waals surface area contributed by atoms with E-state index in [0.717, 1.165) is 24.3 Å². The van der Waals surface area contributed by atoms with Gasteiger partial charge in [-0.25, -0.2) is 0 Å². The summed E-state index contributed by atoms with van der Waals surface area (Å²) in [7, 11) is 0. The average Bonchev–Trinajstić information content (AvgIpc) is 2.98. The van der Waals surface area contributed by atoms with Crippen LogP contribution in [-0.4, -0.2) is 60.2 Å². The first-order valence-corrected chi connectivity index (χ1v) is 10.1. The van der Waals surface area contributed by atoms with E-state index in [2.05, 4.69) is 4.90 Å². The van der Waals surface area contributed by atoms with Crippen LogP contribution in [0.15, 0.2) is 42.5 Å². The summed E-state index contributed by atoms with van der Waals surface area (Å²) < 4.78 is 0. The van der Waals surface area contributed by atoms with Crippen LogP contribution in [0.4, 0.5) is 5.69 Å². The molecular formula is C22H22ClN3O3. The van der Waals surface area contributed by atoms with Crippen LogP contribution in [0, 0.1) is 6.92 Å². The number of benzene rings is 2. The van der Waals surface area contributed by atoms with Gasteiger partial charge in [0, 0.05) is 49.9 Å². The molecule has 0 aromatic heterocycles. The molecule has 2 aromatic carbocycles. The van der Waals surface area contributed by atoms with Crippen molar-refractivity contribution in [1.29, 1.82) is 0 Å². The molecule has 0 aliphatic carbocycles. The van der Waals surface area contributed by atoms with E-state index in [9.17, 15) is 14.4 Å². The molecule has 0 atom stereocenters. The smallest absolute Gasteiger partial charge is 0.261 e. The summed E-state index contributed by atoms with van der Waals surface area (Å²) in [6.45, 7) is 4.81. The van der Waals surface area contributed by atoms with Crippen LogP contribution in [-0.2, 0) is 4.79 Å². The van der Waals surface area contributed by atoms with Crippen molar-refractivity contribution in [3.8, 4) is 0 Å². The average molecular weight is 412 g/mol. The first-order valence-electron chi connectivity index (χ1n) is 9.70. The number of fused-ring (bicyclic) bond motifs is 1. The van der Waals surface area contributed by atoms with Crippen molar-refractivity contribution in [2.75, 3.05) is 37.6 Å². The number of hydrogen-bond donors (Lipinski definition) is 0. The number of aryl methyl sites for hydroxylation is 1. The third-order valence-electron chi connectivity index (χ3n) is 5.57. The van der Waals surface area contributed by atoms with E-state index in [4.69, 9.17) is 11.6 Å². The Labute approximate surface area is 174 Å². The van der Waals surface area contributed by atoms with Gasteiger partial charge < -0.3 is 9.80 Å². The van der Waals surface area contributed by atoms with E-state index in [1.54, 1.807) is 29.2 Å². The van der Waals surface area contributed by atoms with Gasteiger partial charge in [-0.05, 0) is 36.8 Å². The Morgan fingerprint density at radius 1 is 0.966 bits per heavy atom. The number of amides is 3. The van der Waals surface area contributed by atoms with Crippen molar-refractivity contribution < 1.29 is 14.4 Å². The fraction of sp³-hybridized carbons (Fsp3) is 0.318. The van der Waals surface area contributed by atoms with E-state index in [1.165, 1.54) is 4.90 Å². The molecule has 29 heavy (non-hydrogen) atoms. The van der Waals surface area contributed by atoms with Gasteiger partial charge in [0.15, 0.2) is 0 Å². The van der Waals surface area contributed by atoms with Crippen molar-refractivity contribution in [2.24, 2.45) is 0 Å². The third kappa shape index (κ3) is 3.72. The van der Waals surface area contributed by atoms with Crippen molar-refractivity contribution in [1.82, 2.24) is 9.80 Å². The predicted octanol–water partition coefficient (Wildman–Crippen LogP) is 2.98. The molecule has 2 heterocycles. The molecule has 2 aliphatic rings. The fourth-order valence-electron chi connectivity index (χ4n) is 3.93. The Morgan fingerprint density at radius 2 is 1.59 bits per heavy atom. The second-order valence-electron chi connectivity index (χ2n) is 7.36. The lowest BCUT2D eigenvalue weighted by Gasteiger charge is -2.37. The summed E-state index contributed by atoms with van der Waals surface area (Å²) >= 11 is 6.12. The Kier molecular flexibility index (Phi) is 5.28. The molecule has 4 rings (SSSR count). The number of nitrogens with zero attached hydrogens (tertiary/aromatic N) is 3. The highest BCUT2D eigenvalue weighted by Gasteiger charge is 2.35. The van der Waals surface area contributed by atoms with Crippen molar-refractivity contribution >= 4 is 35.0 Å². The molecule has 3 amide bonds. The zero-order chi connectivity index (χ0) is 20.5.